The summed E-state index contributed by atoms with van der Waals surface area (Å²) in [5.41, 5.74) is 3.14. The Labute approximate surface area is 117 Å². The zero-order chi connectivity index (χ0) is 14.9. The van der Waals surface area contributed by atoms with Crippen LogP contribution in [0.2, 0.25) is 0 Å². The summed E-state index contributed by atoms with van der Waals surface area (Å²) in [5, 5.41) is 18.4. The van der Waals surface area contributed by atoms with E-state index in [1.165, 1.54) is 0 Å². The van der Waals surface area contributed by atoms with Crippen LogP contribution < -0.4 is 4.90 Å². The molecule has 6 heteroatoms. The normalized spacial score (nSPS) is 11.0. The molecule has 0 aliphatic rings. The highest BCUT2D eigenvalue weighted by Crippen LogP contribution is 2.22. The molecule has 2 aromatic rings. The van der Waals surface area contributed by atoms with Crippen LogP contribution in [-0.4, -0.2) is 45.3 Å². The molecule has 0 atom stereocenters. The first-order valence-corrected chi connectivity index (χ1v) is 6.58. The number of carboxylic acid groups (broad SMARTS) is 1. The number of aliphatic hydroxyl groups excluding tert-OH is 1. The molecule has 0 spiro atoms. The molecule has 2 aromatic heterocycles. The Balaban J connectivity index is 2.65. The van der Waals surface area contributed by atoms with Crippen molar-refractivity contribution in [1.29, 1.82) is 0 Å². The van der Waals surface area contributed by atoms with Crippen LogP contribution in [0.25, 0.3) is 5.65 Å². The largest absolute Gasteiger partial charge is 0.477 e. The van der Waals surface area contributed by atoms with Crippen LogP contribution in [0.5, 0.6) is 0 Å². The van der Waals surface area contributed by atoms with Gasteiger partial charge in [-0.3, -0.25) is 4.40 Å². The van der Waals surface area contributed by atoms with Gasteiger partial charge in [-0.2, -0.15) is 0 Å². The standard InChI is InChI=1S/C14H19N3O3/c1-4-16(5-6-18)11-7-9(2)13-15-10(3)12(14(19)20)17(13)8-11/h7-8,18H,4-6H2,1-3H3,(H,19,20). The van der Waals surface area contributed by atoms with E-state index in [1.54, 1.807) is 17.5 Å². The molecular weight excluding hydrogens is 258 g/mol. The van der Waals surface area contributed by atoms with E-state index in [1.807, 2.05) is 24.8 Å². The summed E-state index contributed by atoms with van der Waals surface area (Å²) in [5.74, 6) is -0.989. The number of hydrogen-bond donors (Lipinski definition) is 2. The van der Waals surface area contributed by atoms with Crippen molar-refractivity contribution in [1.82, 2.24) is 9.38 Å². The molecule has 20 heavy (non-hydrogen) atoms. The van der Waals surface area contributed by atoms with Gasteiger partial charge in [0.05, 0.1) is 18.0 Å². The van der Waals surface area contributed by atoms with Gasteiger partial charge in [0.25, 0.3) is 0 Å². The summed E-state index contributed by atoms with van der Waals surface area (Å²) >= 11 is 0. The molecule has 2 N–H and O–H groups in total. The van der Waals surface area contributed by atoms with Gasteiger partial charge in [0, 0.05) is 19.3 Å². The number of aromatic carboxylic acids is 1. The van der Waals surface area contributed by atoms with Crippen LogP contribution in [0.1, 0.15) is 28.7 Å². The van der Waals surface area contributed by atoms with E-state index in [0.29, 0.717) is 17.9 Å². The molecule has 0 fully saturated rings. The van der Waals surface area contributed by atoms with E-state index in [0.717, 1.165) is 17.8 Å². The quantitative estimate of drug-likeness (QED) is 0.865. The van der Waals surface area contributed by atoms with Crippen molar-refractivity contribution in [3.8, 4) is 0 Å². The maximum atomic E-state index is 11.4. The minimum Gasteiger partial charge on any atom is -0.477 e. The SMILES string of the molecule is CCN(CCO)c1cc(C)c2nc(C)c(C(=O)O)n2c1. The number of nitrogens with zero attached hydrogens (tertiary/aromatic N) is 3. The maximum absolute atomic E-state index is 11.4. The molecule has 0 aliphatic carbocycles. The second kappa shape index (κ2) is 5.50. The van der Waals surface area contributed by atoms with Crippen molar-refractivity contribution in [2.45, 2.75) is 20.8 Å². The highest BCUT2D eigenvalue weighted by Gasteiger charge is 2.18. The topological polar surface area (TPSA) is 78.1 Å². The first kappa shape index (κ1) is 14.3. The van der Waals surface area contributed by atoms with Crippen molar-refractivity contribution >= 4 is 17.3 Å². The smallest absolute Gasteiger partial charge is 0.354 e. The number of aryl methyl sites for hydroxylation is 2. The third-order valence-corrected chi connectivity index (χ3v) is 3.38. The number of aliphatic hydroxyl groups is 1. The lowest BCUT2D eigenvalue weighted by Crippen LogP contribution is -2.26. The first-order chi connectivity index (χ1) is 9.49. The number of likely N-dealkylation sites (N-methyl/N-ethyl adjacent to an activating group) is 1. The van der Waals surface area contributed by atoms with Gasteiger partial charge in [0.1, 0.15) is 5.65 Å². The first-order valence-electron chi connectivity index (χ1n) is 6.58. The van der Waals surface area contributed by atoms with Crippen LogP contribution in [0, 0.1) is 13.8 Å². The Kier molecular flexibility index (Phi) is 3.94. The number of imidazole rings is 1. The minimum absolute atomic E-state index is 0.0552. The molecule has 0 saturated heterocycles. The Morgan fingerprint density at radius 3 is 2.70 bits per heavy atom. The number of fused-ring (bicyclic) bond motifs is 1. The van der Waals surface area contributed by atoms with E-state index in [-0.39, 0.29) is 12.3 Å². The second-order valence-corrected chi connectivity index (χ2v) is 4.73. The zero-order valence-electron chi connectivity index (χ0n) is 11.9. The Morgan fingerprint density at radius 2 is 2.15 bits per heavy atom. The Hall–Kier alpha value is -2.08. The van der Waals surface area contributed by atoms with Gasteiger partial charge in [-0.05, 0) is 32.4 Å². The third kappa shape index (κ3) is 2.34. The summed E-state index contributed by atoms with van der Waals surface area (Å²) in [7, 11) is 0. The summed E-state index contributed by atoms with van der Waals surface area (Å²) < 4.78 is 1.61. The molecule has 0 bridgehead atoms. The maximum Gasteiger partial charge on any atom is 0.354 e. The van der Waals surface area contributed by atoms with E-state index in [4.69, 9.17) is 5.11 Å². The molecular formula is C14H19N3O3. The van der Waals surface area contributed by atoms with Crippen molar-refractivity contribution in [3.63, 3.8) is 0 Å². The average Bonchev–Trinajstić information content (AvgIpc) is 2.72. The number of anilines is 1. The van der Waals surface area contributed by atoms with Crippen LogP contribution in [0.3, 0.4) is 0 Å². The fourth-order valence-electron chi connectivity index (χ4n) is 2.43. The lowest BCUT2D eigenvalue weighted by Gasteiger charge is -2.22. The molecule has 0 aromatic carbocycles. The Bertz CT molecular complexity index is 649. The highest BCUT2D eigenvalue weighted by atomic mass is 16.4. The molecule has 0 unspecified atom stereocenters. The number of carboxylic acids is 1. The van der Waals surface area contributed by atoms with E-state index < -0.39 is 5.97 Å². The monoisotopic (exact) mass is 277 g/mol. The fourth-order valence-corrected chi connectivity index (χ4v) is 2.43. The average molecular weight is 277 g/mol. The highest BCUT2D eigenvalue weighted by molar-refractivity contribution is 5.88. The number of aromatic nitrogens is 2. The lowest BCUT2D eigenvalue weighted by atomic mass is 10.2. The molecule has 2 heterocycles. The molecule has 0 radical (unpaired) electrons. The third-order valence-electron chi connectivity index (χ3n) is 3.38. The predicted octanol–water partition coefficient (Wildman–Crippen LogP) is 1.47. The molecule has 0 amide bonds. The number of pyridine rings is 1. The van der Waals surface area contributed by atoms with Gasteiger partial charge in [-0.15, -0.1) is 0 Å². The van der Waals surface area contributed by atoms with Crippen LogP contribution in [-0.2, 0) is 0 Å². The summed E-state index contributed by atoms with van der Waals surface area (Å²) in [6.45, 7) is 6.90. The minimum atomic E-state index is -0.989. The molecule has 0 aliphatic heterocycles. The van der Waals surface area contributed by atoms with E-state index in [9.17, 15) is 9.90 Å². The van der Waals surface area contributed by atoms with Gasteiger partial charge in [-0.1, -0.05) is 0 Å². The van der Waals surface area contributed by atoms with Gasteiger partial charge < -0.3 is 15.1 Å². The zero-order valence-corrected chi connectivity index (χ0v) is 11.9. The summed E-state index contributed by atoms with van der Waals surface area (Å²) in [6.07, 6.45) is 1.77. The molecule has 2 rings (SSSR count). The number of carbonyl (C=O) groups is 1. The molecule has 0 saturated carbocycles. The van der Waals surface area contributed by atoms with Gasteiger partial charge in [0.2, 0.25) is 0 Å². The lowest BCUT2D eigenvalue weighted by molar-refractivity contribution is 0.0688. The number of hydrogen-bond acceptors (Lipinski definition) is 4. The van der Waals surface area contributed by atoms with Crippen molar-refractivity contribution in [2.75, 3.05) is 24.6 Å². The summed E-state index contributed by atoms with van der Waals surface area (Å²) in [4.78, 5) is 17.7. The van der Waals surface area contributed by atoms with Crippen molar-refractivity contribution in [3.05, 3.63) is 29.2 Å². The van der Waals surface area contributed by atoms with Crippen molar-refractivity contribution < 1.29 is 15.0 Å². The van der Waals surface area contributed by atoms with Crippen LogP contribution in [0.4, 0.5) is 5.69 Å². The van der Waals surface area contributed by atoms with Gasteiger partial charge >= 0.3 is 5.97 Å². The van der Waals surface area contributed by atoms with Crippen LogP contribution >= 0.6 is 0 Å². The predicted molar refractivity (Wildman–Crippen MR) is 76.6 cm³/mol. The second-order valence-electron chi connectivity index (χ2n) is 4.73. The molecule has 108 valence electrons. The van der Waals surface area contributed by atoms with E-state index >= 15 is 0 Å². The van der Waals surface area contributed by atoms with E-state index in [2.05, 4.69) is 4.98 Å². The molecule has 6 nitrogen and oxygen atoms in total. The fraction of sp³-hybridized carbons (Fsp3) is 0.429. The van der Waals surface area contributed by atoms with Crippen molar-refractivity contribution in [2.24, 2.45) is 0 Å². The Morgan fingerprint density at radius 1 is 1.45 bits per heavy atom. The summed E-state index contributed by atoms with van der Waals surface area (Å²) in [6, 6.07) is 1.96. The number of rotatable bonds is 5. The van der Waals surface area contributed by atoms with Crippen LogP contribution in [0.15, 0.2) is 12.3 Å². The van der Waals surface area contributed by atoms with Gasteiger partial charge in [0.15, 0.2) is 5.69 Å². The van der Waals surface area contributed by atoms with Gasteiger partial charge in [-0.25, -0.2) is 9.78 Å².